The lowest BCUT2D eigenvalue weighted by Crippen LogP contribution is -2.11. The highest BCUT2D eigenvalue weighted by Crippen LogP contribution is 2.13. The van der Waals surface area contributed by atoms with Crippen molar-refractivity contribution in [3.8, 4) is 5.88 Å². The van der Waals surface area contributed by atoms with Gasteiger partial charge in [0, 0.05) is 23.9 Å². The first-order valence-corrected chi connectivity index (χ1v) is 6.76. The van der Waals surface area contributed by atoms with Gasteiger partial charge in [0.2, 0.25) is 5.88 Å². The number of ether oxygens (including phenoxy) is 1. The van der Waals surface area contributed by atoms with Crippen LogP contribution in [-0.2, 0) is 11.3 Å². The fourth-order valence-corrected chi connectivity index (χ4v) is 1.66. The summed E-state index contributed by atoms with van der Waals surface area (Å²) < 4.78 is 4.95. The third kappa shape index (κ3) is 4.31. The van der Waals surface area contributed by atoms with Crippen LogP contribution in [0.4, 0.5) is 11.5 Å². The topological polar surface area (TPSA) is 76.1 Å². The molecule has 2 N–H and O–H groups in total. The molecule has 114 valence electrons. The number of nitrogens with one attached hydrogen (secondary N) is 2. The van der Waals surface area contributed by atoms with Crippen molar-refractivity contribution in [3.05, 3.63) is 54.1 Å². The molecule has 1 amide bonds. The number of hydrogen-bond acceptors (Lipinski definition) is 5. The quantitative estimate of drug-likeness (QED) is 0.802. The number of amides is 1. The van der Waals surface area contributed by atoms with Gasteiger partial charge in [0.15, 0.2) is 0 Å². The Morgan fingerprint density at radius 3 is 2.45 bits per heavy atom. The van der Waals surface area contributed by atoms with E-state index in [1.807, 2.05) is 24.3 Å². The van der Waals surface area contributed by atoms with Gasteiger partial charge in [-0.05, 0) is 30.7 Å². The molecule has 0 atom stereocenters. The summed E-state index contributed by atoms with van der Waals surface area (Å²) in [5.74, 6) is 0.961. The van der Waals surface area contributed by atoms with E-state index in [0.29, 0.717) is 23.8 Å². The van der Waals surface area contributed by atoms with E-state index in [0.717, 1.165) is 11.3 Å². The number of hydrogen-bond donors (Lipinski definition) is 2. The van der Waals surface area contributed by atoms with Crippen LogP contribution >= 0.6 is 0 Å². The van der Waals surface area contributed by atoms with Crippen molar-refractivity contribution < 1.29 is 9.53 Å². The van der Waals surface area contributed by atoms with Gasteiger partial charge < -0.3 is 15.4 Å². The first-order chi connectivity index (χ1) is 10.6. The molecular weight excluding hydrogens is 280 g/mol. The van der Waals surface area contributed by atoms with Crippen LogP contribution in [0, 0.1) is 0 Å². The molecule has 0 saturated carbocycles. The third-order valence-corrected chi connectivity index (χ3v) is 2.92. The molecule has 0 fully saturated rings. The van der Waals surface area contributed by atoms with E-state index in [1.54, 1.807) is 26.2 Å². The van der Waals surface area contributed by atoms with Crippen LogP contribution in [0.15, 0.2) is 48.6 Å². The normalized spacial score (nSPS) is 9.91. The van der Waals surface area contributed by atoms with Crippen molar-refractivity contribution in [3.63, 3.8) is 0 Å². The maximum atomic E-state index is 11.5. The molecule has 0 aliphatic heterocycles. The van der Waals surface area contributed by atoms with Crippen molar-refractivity contribution in [2.24, 2.45) is 0 Å². The van der Waals surface area contributed by atoms with Crippen molar-refractivity contribution >= 4 is 17.4 Å². The second-order valence-corrected chi connectivity index (χ2v) is 4.75. The number of carbonyl (C=O) groups excluding carboxylic acids is 1. The van der Waals surface area contributed by atoms with Crippen molar-refractivity contribution in [2.75, 3.05) is 17.7 Å². The van der Waals surface area contributed by atoms with Gasteiger partial charge in [-0.25, -0.2) is 0 Å². The smallest absolute Gasteiger partial charge is 0.250 e. The Kier molecular flexibility index (Phi) is 5.08. The van der Waals surface area contributed by atoms with Crippen LogP contribution < -0.4 is 15.4 Å². The molecule has 0 unspecified atom stereocenters. The number of methoxy groups -OCH3 is 1. The Bertz CT molecular complexity index is 651. The predicted octanol–water partition coefficient (Wildman–Crippen LogP) is 2.61. The first kappa shape index (κ1) is 15.5. The number of anilines is 2. The number of rotatable bonds is 6. The molecule has 2 aromatic rings. The molecule has 0 aliphatic carbocycles. The molecular formula is C16H18N4O2. The predicted molar refractivity (Wildman–Crippen MR) is 85.8 cm³/mol. The Labute approximate surface area is 129 Å². The lowest BCUT2D eigenvalue weighted by molar-refractivity contribution is -0.112. The maximum absolute atomic E-state index is 11.5. The molecule has 6 nitrogen and oxygen atoms in total. The van der Waals surface area contributed by atoms with E-state index >= 15 is 0 Å². The molecule has 1 heterocycles. The monoisotopic (exact) mass is 298 g/mol. The average molecular weight is 298 g/mol. The lowest BCUT2D eigenvalue weighted by Gasteiger charge is -2.08. The highest BCUT2D eigenvalue weighted by Gasteiger charge is 2.02. The van der Waals surface area contributed by atoms with Crippen molar-refractivity contribution in [1.29, 1.82) is 0 Å². The summed E-state index contributed by atoms with van der Waals surface area (Å²) >= 11 is 0. The summed E-state index contributed by atoms with van der Waals surface area (Å²) in [4.78, 5) is 11.5. The summed E-state index contributed by atoms with van der Waals surface area (Å²) in [6, 6.07) is 11.1. The number of carbonyl (C=O) groups is 1. The van der Waals surface area contributed by atoms with Gasteiger partial charge in [-0.3, -0.25) is 4.79 Å². The zero-order valence-corrected chi connectivity index (χ0v) is 12.6. The van der Waals surface area contributed by atoms with Gasteiger partial charge in [-0.2, -0.15) is 0 Å². The summed E-state index contributed by atoms with van der Waals surface area (Å²) in [5, 5.41) is 13.8. The van der Waals surface area contributed by atoms with Crippen LogP contribution in [0.1, 0.15) is 12.5 Å². The van der Waals surface area contributed by atoms with Crippen molar-refractivity contribution in [1.82, 2.24) is 10.2 Å². The van der Waals surface area contributed by atoms with Crippen LogP contribution in [0.3, 0.4) is 0 Å². The van der Waals surface area contributed by atoms with E-state index in [9.17, 15) is 4.79 Å². The van der Waals surface area contributed by atoms with Gasteiger partial charge in [-0.1, -0.05) is 18.7 Å². The molecule has 1 aromatic heterocycles. The summed E-state index contributed by atoms with van der Waals surface area (Å²) in [6.45, 7) is 5.88. The second-order valence-electron chi connectivity index (χ2n) is 4.75. The summed E-state index contributed by atoms with van der Waals surface area (Å²) in [5.41, 5.74) is 2.27. The highest BCUT2D eigenvalue weighted by molar-refractivity contribution is 6.02. The molecule has 0 saturated heterocycles. The van der Waals surface area contributed by atoms with E-state index in [4.69, 9.17) is 4.74 Å². The van der Waals surface area contributed by atoms with Gasteiger partial charge in [0.1, 0.15) is 5.82 Å². The standard InChI is InChI=1S/C16H18N4O2/c1-11(2)16(21)18-13-6-4-12(5-7-13)10-17-14-8-9-15(22-3)20-19-14/h4-9H,1,10H2,2-3H3,(H,17,19)(H,18,21). The van der Waals surface area contributed by atoms with E-state index in [1.165, 1.54) is 0 Å². The lowest BCUT2D eigenvalue weighted by atomic mass is 10.2. The van der Waals surface area contributed by atoms with Crippen molar-refractivity contribution in [2.45, 2.75) is 13.5 Å². The Balaban J connectivity index is 1.90. The first-order valence-electron chi connectivity index (χ1n) is 6.76. The Morgan fingerprint density at radius 2 is 1.91 bits per heavy atom. The summed E-state index contributed by atoms with van der Waals surface area (Å²) in [6.07, 6.45) is 0. The maximum Gasteiger partial charge on any atom is 0.250 e. The number of aromatic nitrogens is 2. The van der Waals surface area contributed by atoms with Gasteiger partial charge in [0.05, 0.1) is 7.11 Å². The van der Waals surface area contributed by atoms with Crippen LogP contribution in [0.25, 0.3) is 0 Å². The fraction of sp³-hybridized carbons (Fsp3) is 0.188. The SMILES string of the molecule is C=C(C)C(=O)Nc1ccc(CNc2ccc(OC)nn2)cc1. The molecule has 6 heteroatoms. The molecule has 0 bridgehead atoms. The minimum absolute atomic E-state index is 0.181. The second kappa shape index (κ2) is 7.21. The molecule has 2 rings (SSSR count). The van der Waals surface area contributed by atoms with Crippen LogP contribution in [0.2, 0.25) is 0 Å². The Hall–Kier alpha value is -2.89. The fourth-order valence-electron chi connectivity index (χ4n) is 1.66. The third-order valence-electron chi connectivity index (χ3n) is 2.92. The molecule has 1 aromatic carbocycles. The van der Waals surface area contributed by atoms with Crippen LogP contribution in [0.5, 0.6) is 5.88 Å². The zero-order chi connectivity index (χ0) is 15.9. The van der Waals surface area contributed by atoms with Gasteiger partial charge in [-0.15, -0.1) is 10.2 Å². The van der Waals surface area contributed by atoms with E-state index < -0.39 is 0 Å². The molecule has 0 aliphatic rings. The van der Waals surface area contributed by atoms with Crippen LogP contribution in [-0.4, -0.2) is 23.2 Å². The molecule has 0 radical (unpaired) electrons. The average Bonchev–Trinajstić information content (AvgIpc) is 2.54. The summed E-state index contributed by atoms with van der Waals surface area (Å²) in [7, 11) is 1.55. The largest absolute Gasteiger partial charge is 0.480 e. The number of nitrogens with zero attached hydrogens (tertiary/aromatic N) is 2. The minimum Gasteiger partial charge on any atom is -0.480 e. The number of benzene rings is 1. The van der Waals surface area contributed by atoms with Gasteiger partial charge in [0.25, 0.3) is 5.91 Å². The Morgan fingerprint density at radius 1 is 1.18 bits per heavy atom. The van der Waals surface area contributed by atoms with Gasteiger partial charge >= 0.3 is 0 Å². The zero-order valence-electron chi connectivity index (χ0n) is 12.6. The highest BCUT2D eigenvalue weighted by atomic mass is 16.5. The minimum atomic E-state index is -0.181. The molecule has 0 spiro atoms. The van der Waals surface area contributed by atoms with E-state index in [-0.39, 0.29) is 5.91 Å². The van der Waals surface area contributed by atoms with E-state index in [2.05, 4.69) is 27.4 Å². The molecule has 22 heavy (non-hydrogen) atoms.